The molecule has 2 rings (SSSR count). The van der Waals surface area contributed by atoms with E-state index in [1.54, 1.807) is 0 Å². The Balaban J connectivity index is 1.96. The topological polar surface area (TPSA) is 40.5 Å². The van der Waals surface area contributed by atoms with Crippen LogP contribution in [0, 0.1) is 12.8 Å². The van der Waals surface area contributed by atoms with Crippen molar-refractivity contribution in [3.8, 4) is 0 Å². The largest absolute Gasteiger partial charge is 0.481 e. The zero-order chi connectivity index (χ0) is 13.1. The van der Waals surface area contributed by atoms with Gasteiger partial charge in [0, 0.05) is 30.2 Å². The third kappa shape index (κ3) is 3.16. The SMILES string of the molecule is Cc1ccc(N2CCC(CC(=O)O)CC2)cc1Cl. The second-order valence-electron chi connectivity index (χ2n) is 4.96. The molecule has 0 saturated carbocycles. The van der Waals surface area contributed by atoms with Gasteiger partial charge in [0.1, 0.15) is 0 Å². The van der Waals surface area contributed by atoms with Gasteiger partial charge >= 0.3 is 5.97 Å². The van der Waals surface area contributed by atoms with Crippen LogP contribution in [0.1, 0.15) is 24.8 Å². The number of carboxylic acid groups (broad SMARTS) is 1. The number of carbonyl (C=O) groups is 1. The molecular weight excluding hydrogens is 250 g/mol. The van der Waals surface area contributed by atoms with E-state index in [0.29, 0.717) is 12.3 Å². The van der Waals surface area contributed by atoms with E-state index in [2.05, 4.69) is 11.0 Å². The lowest BCUT2D eigenvalue weighted by molar-refractivity contribution is -0.138. The summed E-state index contributed by atoms with van der Waals surface area (Å²) in [6.45, 7) is 3.82. The highest BCUT2D eigenvalue weighted by Gasteiger charge is 2.21. The molecule has 0 bridgehead atoms. The summed E-state index contributed by atoms with van der Waals surface area (Å²) < 4.78 is 0. The molecule has 0 spiro atoms. The lowest BCUT2D eigenvalue weighted by atomic mass is 9.93. The standard InChI is InChI=1S/C14H18ClNO2/c1-10-2-3-12(9-13(10)15)16-6-4-11(5-7-16)8-14(17)18/h2-3,9,11H,4-8H2,1H3,(H,17,18). The normalized spacial score (nSPS) is 16.9. The van der Waals surface area contributed by atoms with E-state index in [1.165, 1.54) is 0 Å². The van der Waals surface area contributed by atoms with Gasteiger partial charge in [-0.05, 0) is 43.4 Å². The molecule has 1 aromatic rings. The molecule has 0 atom stereocenters. The Morgan fingerprint density at radius 3 is 2.67 bits per heavy atom. The van der Waals surface area contributed by atoms with Gasteiger partial charge in [0.2, 0.25) is 0 Å². The van der Waals surface area contributed by atoms with Gasteiger partial charge < -0.3 is 10.0 Å². The van der Waals surface area contributed by atoms with Crippen molar-refractivity contribution in [3.63, 3.8) is 0 Å². The first kappa shape index (κ1) is 13.2. The maximum atomic E-state index is 10.7. The van der Waals surface area contributed by atoms with E-state index in [4.69, 9.17) is 16.7 Å². The molecule has 1 heterocycles. The lowest BCUT2D eigenvalue weighted by Crippen LogP contribution is -2.34. The van der Waals surface area contributed by atoms with Crippen LogP contribution < -0.4 is 4.90 Å². The first-order valence-electron chi connectivity index (χ1n) is 6.29. The average Bonchev–Trinajstić information content (AvgIpc) is 2.33. The third-order valence-electron chi connectivity index (χ3n) is 3.60. The molecule has 0 unspecified atom stereocenters. The van der Waals surface area contributed by atoms with Crippen LogP contribution in [0.4, 0.5) is 5.69 Å². The second kappa shape index (κ2) is 5.61. The van der Waals surface area contributed by atoms with Crippen LogP contribution in [0.3, 0.4) is 0 Å². The summed E-state index contributed by atoms with van der Waals surface area (Å²) in [5, 5.41) is 9.58. The van der Waals surface area contributed by atoms with Gasteiger partial charge in [-0.3, -0.25) is 4.79 Å². The molecule has 1 fully saturated rings. The Morgan fingerprint density at radius 1 is 1.44 bits per heavy atom. The van der Waals surface area contributed by atoms with Gasteiger partial charge in [-0.1, -0.05) is 17.7 Å². The molecule has 0 aliphatic carbocycles. The Labute approximate surface area is 112 Å². The summed E-state index contributed by atoms with van der Waals surface area (Å²) in [7, 11) is 0. The fraction of sp³-hybridized carbons (Fsp3) is 0.500. The summed E-state index contributed by atoms with van der Waals surface area (Å²) in [4.78, 5) is 13.0. The van der Waals surface area contributed by atoms with Crippen LogP contribution in [0.15, 0.2) is 18.2 Å². The van der Waals surface area contributed by atoms with Crippen molar-refractivity contribution in [1.29, 1.82) is 0 Å². The first-order chi connectivity index (χ1) is 8.56. The number of halogens is 1. The summed E-state index contributed by atoms with van der Waals surface area (Å²) in [6.07, 6.45) is 2.18. The molecule has 18 heavy (non-hydrogen) atoms. The van der Waals surface area contributed by atoms with Gasteiger partial charge in [0.05, 0.1) is 0 Å². The molecular formula is C14H18ClNO2. The van der Waals surface area contributed by atoms with Crippen molar-refractivity contribution < 1.29 is 9.90 Å². The summed E-state index contributed by atoms with van der Waals surface area (Å²) >= 11 is 6.13. The van der Waals surface area contributed by atoms with E-state index < -0.39 is 5.97 Å². The monoisotopic (exact) mass is 267 g/mol. The minimum atomic E-state index is -0.688. The van der Waals surface area contributed by atoms with Crippen molar-refractivity contribution in [2.75, 3.05) is 18.0 Å². The Morgan fingerprint density at radius 2 is 2.11 bits per heavy atom. The minimum Gasteiger partial charge on any atom is -0.481 e. The number of aryl methyl sites for hydroxylation is 1. The molecule has 0 radical (unpaired) electrons. The number of carboxylic acids is 1. The van der Waals surface area contributed by atoms with E-state index in [-0.39, 0.29) is 0 Å². The zero-order valence-corrected chi connectivity index (χ0v) is 11.3. The minimum absolute atomic E-state index is 0.294. The van der Waals surface area contributed by atoms with Crippen molar-refractivity contribution >= 4 is 23.3 Å². The van der Waals surface area contributed by atoms with Gasteiger partial charge in [0.15, 0.2) is 0 Å². The number of piperidine rings is 1. The first-order valence-corrected chi connectivity index (χ1v) is 6.67. The van der Waals surface area contributed by atoms with Gasteiger partial charge in [-0.25, -0.2) is 0 Å². The number of benzene rings is 1. The summed E-state index contributed by atoms with van der Waals surface area (Å²) in [6, 6.07) is 6.11. The van der Waals surface area contributed by atoms with Gasteiger partial charge in [-0.15, -0.1) is 0 Å². The summed E-state index contributed by atoms with van der Waals surface area (Å²) in [5.41, 5.74) is 2.22. The number of aliphatic carboxylic acids is 1. The van der Waals surface area contributed by atoms with E-state index in [0.717, 1.165) is 42.2 Å². The van der Waals surface area contributed by atoms with Crippen LogP contribution in [0.5, 0.6) is 0 Å². The number of hydrogen-bond donors (Lipinski definition) is 1. The Kier molecular flexibility index (Phi) is 4.12. The van der Waals surface area contributed by atoms with Crippen molar-refractivity contribution in [2.45, 2.75) is 26.2 Å². The smallest absolute Gasteiger partial charge is 0.303 e. The van der Waals surface area contributed by atoms with E-state index >= 15 is 0 Å². The zero-order valence-electron chi connectivity index (χ0n) is 10.5. The number of rotatable bonds is 3. The van der Waals surface area contributed by atoms with Crippen LogP contribution in [0.2, 0.25) is 5.02 Å². The Hall–Kier alpha value is -1.22. The van der Waals surface area contributed by atoms with Crippen LogP contribution >= 0.6 is 11.6 Å². The van der Waals surface area contributed by atoms with Crippen LogP contribution in [-0.2, 0) is 4.79 Å². The van der Waals surface area contributed by atoms with Crippen molar-refractivity contribution in [1.82, 2.24) is 0 Å². The molecule has 1 aliphatic rings. The van der Waals surface area contributed by atoms with Crippen molar-refractivity contribution in [2.24, 2.45) is 5.92 Å². The molecule has 1 saturated heterocycles. The quantitative estimate of drug-likeness (QED) is 0.913. The van der Waals surface area contributed by atoms with E-state index in [1.807, 2.05) is 19.1 Å². The molecule has 4 heteroatoms. The van der Waals surface area contributed by atoms with Gasteiger partial charge in [-0.2, -0.15) is 0 Å². The number of nitrogens with zero attached hydrogens (tertiary/aromatic N) is 1. The molecule has 0 amide bonds. The molecule has 1 N–H and O–H groups in total. The highest BCUT2D eigenvalue weighted by atomic mass is 35.5. The number of anilines is 1. The second-order valence-corrected chi connectivity index (χ2v) is 5.37. The fourth-order valence-electron chi connectivity index (χ4n) is 2.42. The van der Waals surface area contributed by atoms with Crippen LogP contribution in [0.25, 0.3) is 0 Å². The number of hydrogen-bond acceptors (Lipinski definition) is 2. The van der Waals surface area contributed by atoms with Crippen LogP contribution in [-0.4, -0.2) is 24.2 Å². The third-order valence-corrected chi connectivity index (χ3v) is 4.01. The summed E-state index contributed by atoms with van der Waals surface area (Å²) in [5.74, 6) is -0.369. The molecule has 1 aliphatic heterocycles. The average molecular weight is 268 g/mol. The Bertz CT molecular complexity index is 439. The predicted molar refractivity (Wildman–Crippen MR) is 73.4 cm³/mol. The highest BCUT2D eigenvalue weighted by Crippen LogP contribution is 2.28. The maximum absolute atomic E-state index is 10.7. The molecule has 1 aromatic carbocycles. The van der Waals surface area contributed by atoms with Crippen molar-refractivity contribution in [3.05, 3.63) is 28.8 Å². The molecule has 0 aromatic heterocycles. The predicted octanol–water partition coefficient (Wildman–Crippen LogP) is 3.34. The van der Waals surface area contributed by atoms with Gasteiger partial charge in [0.25, 0.3) is 0 Å². The maximum Gasteiger partial charge on any atom is 0.303 e. The fourth-order valence-corrected chi connectivity index (χ4v) is 2.60. The highest BCUT2D eigenvalue weighted by molar-refractivity contribution is 6.31. The molecule has 98 valence electrons. The lowest BCUT2D eigenvalue weighted by Gasteiger charge is -2.33. The molecule has 3 nitrogen and oxygen atoms in total. The van der Waals surface area contributed by atoms with E-state index in [9.17, 15) is 4.79 Å².